The van der Waals surface area contributed by atoms with E-state index >= 15 is 0 Å². The second-order valence-corrected chi connectivity index (χ2v) is 4.83. The van der Waals surface area contributed by atoms with Crippen LogP contribution < -0.4 is 5.73 Å². The molecule has 1 aliphatic rings. The topological polar surface area (TPSA) is 44.9 Å². The molecule has 1 fully saturated rings. The molecule has 1 saturated heterocycles. The Bertz CT molecular complexity index is 223. The van der Waals surface area contributed by atoms with Crippen molar-refractivity contribution in [2.24, 2.45) is 10.7 Å². The quantitative estimate of drug-likeness (QED) is 0.554. The Labute approximate surface area is 93.1 Å². The summed E-state index contributed by atoms with van der Waals surface area (Å²) in [5, 5.41) is 0. The molecule has 0 bridgehead atoms. The van der Waals surface area contributed by atoms with E-state index in [2.05, 4.69) is 42.7 Å². The summed E-state index contributed by atoms with van der Waals surface area (Å²) in [4.78, 5) is 8.88. The molecule has 4 heteroatoms. The predicted octanol–water partition coefficient (Wildman–Crippen LogP) is 0.736. The van der Waals surface area contributed by atoms with E-state index in [0.717, 1.165) is 13.1 Å². The lowest BCUT2D eigenvalue weighted by Gasteiger charge is -2.28. The average molecular weight is 212 g/mol. The molecule has 1 heterocycles. The third-order valence-electron chi connectivity index (χ3n) is 2.64. The first kappa shape index (κ1) is 12.3. The molecule has 88 valence electrons. The highest BCUT2D eigenvalue weighted by molar-refractivity contribution is 5.78. The molecule has 0 aromatic heterocycles. The molecule has 0 saturated carbocycles. The normalized spacial score (nSPS) is 23.2. The van der Waals surface area contributed by atoms with Gasteiger partial charge in [-0.15, -0.1) is 0 Å². The van der Waals surface area contributed by atoms with Crippen LogP contribution in [0, 0.1) is 0 Å². The van der Waals surface area contributed by atoms with Crippen molar-refractivity contribution in [3.8, 4) is 0 Å². The molecule has 1 rings (SSSR count). The van der Waals surface area contributed by atoms with Gasteiger partial charge in [0.1, 0.15) is 0 Å². The zero-order valence-electron chi connectivity index (χ0n) is 10.4. The summed E-state index contributed by atoms with van der Waals surface area (Å²) in [6, 6.07) is 0.827. The first-order chi connectivity index (χ1) is 7.00. The van der Waals surface area contributed by atoms with Crippen LogP contribution in [0.1, 0.15) is 26.7 Å². The number of hydrogen-bond donors (Lipinski definition) is 1. The van der Waals surface area contributed by atoms with E-state index in [1.54, 1.807) is 0 Å². The zero-order chi connectivity index (χ0) is 11.4. The summed E-state index contributed by atoms with van der Waals surface area (Å²) < 4.78 is 0. The summed E-state index contributed by atoms with van der Waals surface area (Å²) >= 11 is 0. The van der Waals surface area contributed by atoms with Crippen molar-refractivity contribution in [3.05, 3.63) is 0 Å². The first-order valence-electron chi connectivity index (χ1n) is 5.75. The van der Waals surface area contributed by atoms with Gasteiger partial charge in [0.2, 0.25) is 0 Å². The predicted molar refractivity (Wildman–Crippen MR) is 65.0 cm³/mol. The van der Waals surface area contributed by atoms with Gasteiger partial charge in [-0.25, -0.2) is 0 Å². The minimum atomic E-state index is 0.283. The van der Waals surface area contributed by atoms with Crippen molar-refractivity contribution >= 4 is 5.96 Å². The number of nitrogens with zero attached hydrogens (tertiary/aromatic N) is 3. The van der Waals surface area contributed by atoms with E-state index in [-0.39, 0.29) is 6.04 Å². The molecular formula is C11H24N4. The minimum Gasteiger partial charge on any atom is -0.370 e. The highest BCUT2D eigenvalue weighted by Gasteiger charge is 2.26. The molecule has 0 aromatic rings. The maximum absolute atomic E-state index is 6.00. The highest BCUT2D eigenvalue weighted by Crippen LogP contribution is 2.17. The molecule has 1 unspecified atom stereocenters. The van der Waals surface area contributed by atoms with Crippen LogP contribution in [0.4, 0.5) is 0 Å². The summed E-state index contributed by atoms with van der Waals surface area (Å²) in [7, 11) is 4.21. The summed E-state index contributed by atoms with van der Waals surface area (Å²) in [5.74, 6) is 0.717. The van der Waals surface area contributed by atoms with E-state index < -0.39 is 0 Å². The van der Waals surface area contributed by atoms with Gasteiger partial charge in [0, 0.05) is 25.2 Å². The van der Waals surface area contributed by atoms with Crippen molar-refractivity contribution in [1.82, 2.24) is 9.80 Å². The molecule has 0 radical (unpaired) electrons. The highest BCUT2D eigenvalue weighted by atomic mass is 15.3. The van der Waals surface area contributed by atoms with Crippen molar-refractivity contribution < 1.29 is 0 Å². The van der Waals surface area contributed by atoms with Gasteiger partial charge in [0.15, 0.2) is 5.96 Å². The number of hydrogen-bond acceptors (Lipinski definition) is 2. The minimum absolute atomic E-state index is 0.283. The zero-order valence-corrected chi connectivity index (χ0v) is 10.4. The summed E-state index contributed by atoms with van der Waals surface area (Å²) in [5.41, 5.74) is 6.00. The molecule has 0 aromatic carbocycles. The fourth-order valence-electron chi connectivity index (χ4n) is 2.09. The van der Waals surface area contributed by atoms with Crippen molar-refractivity contribution in [3.63, 3.8) is 0 Å². The van der Waals surface area contributed by atoms with E-state index in [0.29, 0.717) is 12.0 Å². The molecule has 0 aliphatic carbocycles. The number of rotatable bonds is 3. The van der Waals surface area contributed by atoms with E-state index in [9.17, 15) is 0 Å². The Morgan fingerprint density at radius 1 is 1.53 bits per heavy atom. The monoisotopic (exact) mass is 212 g/mol. The molecule has 2 N–H and O–H groups in total. The van der Waals surface area contributed by atoms with Crippen molar-refractivity contribution in [1.29, 1.82) is 0 Å². The maximum Gasteiger partial charge on any atom is 0.191 e. The summed E-state index contributed by atoms with van der Waals surface area (Å²) in [6.45, 7) is 6.24. The van der Waals surface area contributed by atoms with Gasteiger partial charge in [0.05, 0.1) is 0 Å². The molecule has 1 aliphatic heterocycles. The number of likely N-dealkylation sites (tertiary alicyclic amines) is 1. The summed E-state index contributed by atoms with van der Waals surface area (Å²) in [6.07, 6.45) is 2.46. The Morgan fingerprint density at radius 2 is 2.20 bits per heavy atom. The SMILES string of the molecule is CC(C)N=C(N)N1CCCC1CN(C)C. The number of nitrogens with two attached hydrogens (primary N) is 1. The van der Waals surface area contributed by atoms with Crippen molar-refractivity contribution in [2.45, 2.75) is 38.8 Å². The molecule has 15 heavy (non-hydrogen) atoms. The number of guanidine groups is 1. The first-order valence-corrected chi connectivity index (χ1v) is 5.75. The third kappa shape index (κ3) is 3.70. The molecule has 1 atom stereocenters. The van der Waals surface area contributed by atoms with Gasteiger partial charge in [0.25, 0.3) is 0 Å². The fraction of sp³-hybridized carbons (Fsp3) is 0.909. The number of aliphatic imine (C=N–C) groups is 1. The maximum atomic E-state index is 6.00. The van der Waals surface area contributed by atoms with Crippen LogP contribution in [0.3, 0.4) is 0 Å². The lowest BCUT2D eigenvalue weighted by Crippen LogP contribution is -2.45. The van der Waals surface area contributed by atoms with Crippen LogP contribution >= 0.6 is 0 Å². The van der Waals surface area contributed by atoms with Crippen LogP contribution in [-0.4, -0.2) is 55.0 Å². The van der Waals surface area contributed by atoms with Crippen LogP contribution in [-0.2, 0) is 0 Å². The largest absolute Gasteiger partial charge is 0.370 e. The van der Waals surface area contributed by atoms with Crippen LogP contribution in [0.15, 0.2) is 4.99 Å². The molecular weight excluding hydrogens is 188 g/mol. The van der Waals surface area contributed by atoms with Crippen LogP contribution in [0.5, 0.6) is 0 Å². The Morgan fingerprint density at radius 3 is 2.73 bits per heavy atom. The molecule has 4 nitrogen and oxygen atoms in total. The second-order valence-electron chi connectivity index (χ2n) is 4.83. The molecule has 0 spiro atoms. The van der Waals surface area contributed by atoms with Gasteiger partial charge in [-0.3, -0.25) is 4.99 Å². The third-order valence-corrected chi connectivity index (χ3v) is 2.64. The lowest BCUT2D eigenvalue weighted by atomic mass is 10.2. The fourth-order valence-corrected chi connectivity index (χ4v) is 2.09. The Balaban J connectivity index is 2.59. The van der Waals surface area contributed by atoms with Gasteiger partial charge in [-0.05, 0) is 40.8 Å². The van der Waals surface area contributed by atoms with Crippen LogP contribution in [0.2, 0.25) is 0 Å². The van der Waals surface area contributed by atoms with E-state index in [4.69, 9.17) is 5.73 Å². The van der Waals surface area contributed by atoms with Gasteiger partial charge in [-0.1, -0.05) is 0 Å². The molecule has 0 amide bonds. The smallest absolute Gasteiger partial charge is 0.191 e. The average Bonchev–Trinajstić information content (AvgIpc) is 2.49. The van der Waals surface area contributed by atoms with E-state index in [1.807, 2.05) is 0 Å². The van der Waals surface area contributed by atoms with E-state index in [1.165, 1.54) is 12.8 Å². The van der Waals surface area contributed by atoms with Gasteiger partial charge >= 0.3 is 0 Å². The van der Waals surface area contributed by atoms with Gasteiger partial charge < -0.3 is 15.5 Å². The Kier molecular flexibility index (Phi) is 4.39. The second kappa shape index (κ2) is 5.35. The van der Waals surface area contributed by atoms with Crippen molar-refractivity contribution in [2.75, 3.05) is 27.2 Å². The standard InChI is InChI=1S/C11H24N4/c1-9(2)13-11(12)15-7-5-6-10(15)8-14(3)4/h9-10H,5-8H2,1-4H3,(H2,12,13). The Hall–Kier alpha value is -0.770. The number of likely N-dealkylation sites (N-methyl/N-ethyl adjacent to an activating group) is 1. The van der Waals surface area contributed by atoms with Crippen LogP contribution in [0.25, 0.3) is 0 Å². The van der Waals surface area contributed by atoms with Gasteiger partial charge in [-0.2, -0.15) is 0 Å². The lowest BCUT2D eigenvalue weighted by molar-refractivity contribution is 0.283.